The van der Waals surface area contributed by atoms with Crippen molar-refractivity contribution < 1.29 is 14.6 Å². The zero-order chi connectivity index (χ0) is 12.4. The molecule has 94 valence electrons. The fourth-order valence-electron chi connectivity index (χ4n) is 1.85. The molecule has 2 N–H and O–H groups in total. The van der Waals surface area contributed by atoms with Crippen molar-refractivity contribution in [2.45, 2.75) is 13.1 Å². The minimum absolute atomic E-state index is 0.223. The van der Waals surface area contributed by atoms with Crippen molar-refractivity contribution in [2.24, 2.45) is 0 Å². The van der Waals surface area contributed by atoms with Crippen LogP contribution >= 0.6 is 11.3 Å². The number of rotatable bonds is 4. The predicted octanol–water partition coefficient (Wildman–Crippen LogP) is 2.47. The number of aromatic hydroxyl groups is 1. The number of ether oxygens (including phenoxy) is 2. The first-order chi connectivity index (χ1) is 8.83. The van der Waals surface area contributed by atoms with E-state index < -0.39 is 0 Å². The number of hydrogen-bond donors (Lipinski definition) is 2. The maximum atomic E-state index is 9.86. The molecular formula is C13H13NO3S. The third kappa shape index (κ3) is 2.27. The average molecular weight is 263 g/mol. The summed E-state index contributed by atoms with van der Waals surface area (Å²) >= 11 is 1.68. The van der Waals surface area contributed by atoms with Gasteiger partial charge in [-0.15, -0.1) is 0 Å². The van der Waals surface area contributed by atoms with Gasteiger partial charge in [0.1, 0.15) is 5.75 Å². The van der Waals surface area contributed by atoms with Crippen LogP contribution in [0.2, 0.25) is 0 Å². The highest BCUT2D eigenvalue weighted by Crippen LogP contribution is 2.37. The first-order valence-electron chi connectivity index (χ1n) is 5.66. The van der Waals surface area contributed by atoms with E-state index in [1.165, 1.54) is 5.56 Å². The third-order valence-corrected chi connectivity index (χ3v) is 3.53. The lowest BCUT2D eigenvalue weighted by Gasteiger charge is -2.07. The Morgan fingerprint density at radius 1 is 1.22 bits per heavy atom. The lowest BCUT2D eigenvalue weighted by Crippen LogP contribution is -2.12. The summed E-state index contributed by atoms with van der Waals surface area (Å²) in [7, 11) is 0. The minimum Gasteiger partial charge on any atom is -0.507 e. The second kappa shape index (κ2) is 4.88. The van der Waals surface area contributed by atoms with Gasteiger partial charge in [-0.1, -0.05) is 0 Å². The van der Waals surface area contributed by atoms with Crippen LogP contribution in [-0.4, -0.2) is 11.9 Å². The van der Waals surface area contributed by atoms with Crippen LogP contribution in [0.25, 0.3) is 0 Å². The molecule has 0 fully saturated rings. The fourth-order valence-corrected chi connectivity index (χ4v) is 2.52. The zero-order valence-electron chi connectivity index (χ0n) is 9.68. The standard InChI is InChI=1S/C13H13NO3S/c15-11-4-13-12(16-8-17-13)3-10(11)6-14-5-9-1-2-18-7-9/h1-4,7,14-15H,5-6,8H2. The highest BCUT2D eigenvalue weighted by Gasteiger charge is 2.16. The van der Waals surface area contributed by atoms with E-state index in [1.807, 2.05) is 6.07 Å². The molecule has 0 unspecified atom stereocenters. The van der Waals surface area contributed by atoms with Gasteiger partial charge in [-0.25, -0.2) is 0 Å². The Hall–Kier alpha value is -1.72. The van der Waals surface area contributed by atoms with E-state index >= 15 is 0 Å². The molecule has 0 spiro atoms. The molecule has 1 aliphatic rings. The normalized spacial score (nSPS) is 12.9. The Kier molecular flexibility index (Phi) is 3.08. The molecule has 0 radical (unpaired) electrons. The van der Waals surface area contributed by atoms with Crippen LogP contribution in [0.15, 0.2) is 29.0 Å². The molecule has 0 atom stereocenters. The molecule has 2 aromatic rings. The first-order valence-corrected chi connectivity index (χ1v) is 6.60. The van der Waals surface area contributed by atoms with E-state index in [4.69, 9.17) is 9.47 Å². The summed E-state index contributed by atoms with van der Waals surface area (Å²) in [5, 5.41) is 17.3. The van der Waals surface area contributed by atoms with Gasteiger partial charge in [0.25, 0.3) is 0 Å². The predicted molar refractivity (Wildman–Crippen MR) is 69.1 cm³/mol. The van der Waals surface area contributed by atoms with Crippen LogP contribution in [-0.2, 0) is 13.1 Å². The lowest BCUT2D eigenvalue weighted by atomic mass is 10.1. The Balaban J connectivity index is 1.66. The molecule has 0 bridgehead atoms. The number of thiophene rings is 1. The van der Waals surface area contributed by atoms with Gasteiger partial charge >= 0.3 is 0 Å². The van der Waals surface area contributed by atoms with Crippen LogP contribution in [0.5, 0.6) is 17.2 Å². The van der Waals surface area contributed by atoms with Gasteiger partial charge < -0.3 is 19.9 Å². The Morgan fingerprint density at radius 3 is 2.83 bits per heavy atom. The van der Waals surface area contributed by atoms with Crippen molar-refractivity contribution in [3.05, 3.63) is 40.1 Å². The van der Waals surface area contributed by atoms with Crippen molar-refractivity contribution in [1.29, 1.82) is 0 Å². The SMILES string of the molecule is Oc1cc2c(cc1CNCc1ccsc1)OCO2. The van der Waals surface area contributed by atoms with Crippen molar-refractivity contribution in [3.63, 3.8) is 0 Å². The first kappa shape index (κ1) is 11.4. The van der Waals surface area contributed by atoms with E-state index in [0.29, 0.717) is 18.0 Å². The van der Waals surface area contributed by atoms with Crippen LogP contribution in [0.4, 0.5) is 0 Å². The van der Waals surface area contributed by atoms with E-state index in [1.54, 1.807) is 17.4 Å². The highest BCUT2D eigenvalue weighted by atomic mass is 32.1. The Morgan fingerprint density at radius 2 is 2.06 bits per heavy atom. The summed E-state index contributed by atoms with van der Waals surface area (Å²) in [4.78, 5) is 0. The van der Waals surface area contributed by atoms with Gasteiger partial charge in [0, 0.05) is 24.7 Å². The largest absolute Gasteiger partial charge is 0.507 e. The molecule has 1 aliphatic heterocycles. The number of nitrogens with one attached hydrogen (secondary N) is 1. The van der Waals surface area contributed by atoms with Gasteiger partial charge in [0.2, 0.25) is 6.79 Å². The van der Waals surface area contributed by atoms with Gasteiger partial charge in [-0.3, -0.25) is 0 Å². The number of benzene rings is 1. The molecule has 0 saturated carbocycles. The molecule has 1 aromatic heterocycles. The smallest absolute Gasteiger partial charge is 0.231 e. The zero-order valence-corrected chi connectivity index (χ0v) is 10.5. The molecule has 4 nitrogen and oxygen atoms in total. The lowest BCUT2D eigenvalue weighted by molar-refractivity contribution is 0.174. The van der Waals surface area contributed by atoms with Crippen LogP contribution in [0.1, 0.15) is 11.1 Å². The average Bonchev–Trinajstić information content (AvgIpc) is 3.00. The van der Waals surface area contributed by atoms with Crippen LogP contribution in [0, 0.1) is 0 Å². The molecule has 3 rings (SSSR count). The van der Waals surface area contributed by atoms with Crippen molar-refractivity contribution in [2.75, 3.05) is 6.79 Å². The summed E-state index contributed by atoms with van der Waals surface area (Å²) in [6.45, 7) is 1.61. The molecule has 18 heavy (non-hydrogen) atoms. The molecule has 5 heteroatoms. The molecule has 0 amide bonds. The summed E-state index contributed by atoms with van der Waals surface area (Å²) < 4.78 is 10.5. The van der Waals surface area contributed by atoms with E-state index in [0.717, 1.165) is 12.1 Å². The number of hydrogen-bond acceptors (Lipinski definition) is 5. The molecule has 1 aromatic carbocycles. The summed E-state index contributed by atoms with van der Waals surface area (Å²) in [6.07, 6.45) is 0. The maximum Gasteiger partial charge on any atom is 0.231 e. The third-order valence-electron chi connectivity index (χ3n) is 2.80. The van der Waals surface area contributed by atoms with Gasteiger partial charge in [-0.05, 0) is 28.5 Å². The fraction of sp³-hybridized carbons (Fsp3) is 0.231. The Labute approximate surface area is 109 Å². The summed E-state index contributed by atoms with van der Waals surface area (Å²) in [5.41, 5.74) is 2.06. The van der Waals surface area contributed by atoms with Crippen molar-refractivity contribution in [1.82, 2.24) is 5.32 Å². The highest BCUT2D eigenvalue weighted by molar-refractivity contribution is 7.07. The quantitative estimate of drug-likeness (QED) is 0.889. The van der Waals surface area contributed by atoms with E-state index in [9.17, 15) is 5.11 Å². The van der Waals surface area contributed by atoms with Crippen molar-refractivity contribution >= 4 is 11.3 Å². The number of fused-ring (bicyclic) bond motifs is 1. The molecule has 2 heterocycles. The van der Waals surface area contributed by atoms with Crippen molar-refractivity contribution in [3.8, 4) is 17.2 Å². The maximum absolute atomic E-state index is 9.86. The molecular weight excluding hydrogens is 250 g/mol. The minimum atomic E-state index is 0.223. The van der Waals surface area contributed by atoms with Crippen LogP contribution < -0.4 is 14.8 Å². The number of phenols is 1. The summed E-state index contributed by atoms with van der Waals surface area (Å²) in [6, 6.07) is 5.50. The second-order valence-electron chi connectivity index (χ2n) is 4.07. The monoisotopic (exact) mass is 263 g/mol. The van der Waals surface area contributed by atoms with E-state index in [2.05, 4.69) is 22.1 Å². The van der Waals surface area contributed by atoms with Crippen LogP contribution in [0.3, 0.4) is 0 Å². The second-order valence-corrected chi connectivity index (χ2v) is 4.85. The number of phenolic OH excluding ortho intramolecular Hbond substituents is 1. The van der Waals surface area contributed by atoms with Gasteiger partial charge in [0.15, 0.2) is 11.5 Å². The molecule has 0 aliphatic carbocycles. The Bertz CT molecular complexity index is 539. The van der Waals surface area contributed by atoms with E-state index in [-0.39, 0.29) is 12.5 Å². The van der Waals surface area contributed by atoms with Gasteiger partial charge in [0.05, 0.1) is 0 Å². The summed E-state index contributed by atoms with van der Waals surface area (Å²) in [5.74, 6) is 1.53. The topological polar surface area (TPSA) is 50.7 Å². The molecule has 0 saturated heterocycles. The van der Waals surface area contributed by atoms with Gasteiger partial charge in [-0.2, -0.15) is 11.3 Å².